The van der Waals surface area contributed by atoms with E-state index in [4.69, 9.17) is 20.8 Å². The number of carbonyl (C=O) groups excluding carboxylic acids is 2. The maximum atomic E-state index is 12.0. The number of ether oxygens (including phenoxy) is 1. The van der Waals surface area contributed by atoms with Crippen molar-refractivity contribution in [2.24, 2.45) is 0 Å². The van der Waals surface area contributed by atoms with Crippen molar-refractivity contribution in [3.63, 3.8) is 0 Å². The molecule has 5 heteroatoms. The largest absolute Gasteiger partial charge is 0.454 e. The third-order valence-electron chi connectivity index (χ3n) is 3.13. The molecule has 4 nitrogen and oxygen atoms in total. The van der Waals surface area contributed by atoms with E-state index in [1.807, 2.05) is 18.2 Å². The molecule has 110 valence electrons. The van der Waals surface area contributed by atoms with E-state index >= 15 is 0 Å². The van der Waals surface area contributed by atoms with Crippen molar-refractivity contribution in [2.75, 3.05) is 6.61 Å². The van der Waals surface area contributed by atoms with Gasteiger partial charge in [0.25, 0.3) is 0 Å². The van der Waals surface area contributed by atoms with Gasteiger partial charge in [0, 0.05) is 5.39 Å². The fourth-order valence-electron chi connectivity index (χ4n) is 2.03. The number of fused-ring (bicyclic) bond motifs is 1. The van der Waals surface area contributed by atoms with Crippen LogP contribution in [0.15, 0.2) is 59.0 Å². The molecule has 0 aliphatic carbocycles. The van der Waals surface area contributed by atoms with Gasteiger partial charge in [-0.3, -0.25) is 4.79 Å². The molecule has 0 atom stereocenters. The summed E-state index contributed by atoms with van der Waals surface area (Å²) in [5.74, 6) is -0.889. The number of rotatable bonds is 4. The number of furan rings is 1. The average Bonchev–Trinajstić information content (AvgIpc) is 2.97. The van der Waals surface area contributed by atoms with E-state index in [-0.39, 0.29) is 16.3 Å². The minimum absolute atomic E-state index is 0.160. The van der Waals surface area contributed by atoms with Crippen LogP contribution < -0.4 is 0 Å². The van der Waals surface area contributed by atoms with Crippen LogP contribution >= 0.6 is 11.6 Å². The molecule has 0 spiro atoms. The summed E-state index contributed by atoms with van der Waals surface area (Å²) in [6, 6.07) is 15.4. The van der Waals surface area contributed by atoms with E-state index < -0.39 is 18.4 Å². The second kappa shape index (κ2) is 6.03. The zero-order valence-corrected chi connectivity index (χ0v) is 12.2. The highest BCUT2D eigenvalue weighted by Crippen LogP contribution is 2.20. The number of hydrogen-bond donors (Lipinski definition) is 0. The highest BCUT2D eigenvalue weighted by atomic mass is 35.5. The van der Waals surface area contributed by atoms with Crippen LogP contribution in [0.25, 0.3) is 11.0 Å². The normalized spacial score (nSPS) is 10.6. The van der Waals surface area contributed by atoms with E-state index in [0.717, 1.165) is 5.39 Å². The summed E-state index contributed by atoms with van der Waals surface area (Å²) in [4.78, 5) is 23.9. The number of halogens is 1. The van der Waals surface area contributed by atoms with Gasteiger partial charge in [-0.2, -0.15) is 0 Å². The molecule has 1 heterocycles. The molecule has 0 N–H and O–H groups in total. The van der Waals surface area contributed by atoms with Crippen LogP contribution in [0, 0.1) is 0 Å². The van der Waals surface area contributed by atoms with Crippen molar-refractivity contribution in [1.82, 2.24) is 0 Å². The van der Waals surface area contributed by atoms with E-state index in [9.17, 15) is 9.59 Å². The van der Waals surface area contributed by atoms with Crippen LogP contribution in [0.2, 0.25) is 5.02 Å². The molecule has 0 saturated carbocycles. The summed E-state index contributed by atoms with van der Waals surface area (Å²) in [5, 5.41) is 1.10. The fourth-order valence-corrected chi connectivity index (χ4v) is 2.24. The Hall–Kier alpha value is -2.59. The van der Waals surface area contributed by atoms with Crippen molar-refractivity contribution in [3.8, 4) is 0 Å². The van der Waals surface area contributed by atoms with Gasteiger partial charge in [0.2, 0.25) is 5.78 Å². The van der Waals surface area contributed by atoms with Crippen molar-refractivity contribution < 1.29 is 18.7 Å². The first-order chi connectivity index (χ1) is 10.6. The maximum absolute atomic E-state index is 12.0. The third kappa shape index (κ3) is 2.87. The lowest BCUT2D eigenvalue weighted by molar-refractivity contribution is 0.0468. The molecule has 0 radical (unpaired) electrons. The van der Waals surface area contributed by atoms with Gasteiger partial charge in [-0.25, -0.2) is 4.79 Å². The maximum Gasteiger partial charge on any atom is 0.340 e. The van der Waals surface area contributed by atoms with Gasteiger partial charge < -0.3 is 9.15 Å². The Morgan fingerprint density at radius 1 is 1.05 bits per heavy atom. The number of Topliss-reactive ketones (excluding diaryl/α,β-unsaturated/α-hetero) is 1. The summed E-state index contributed by atoms with van der Waals surface area (Å²) < 4.78 is 10.4. The lowest BCUT2D eigenvalue weighted by Gasteiger charge is -2.04. The first-order valence-corrected chi connectivity index (χ1v) is 6.96. The standard InChI is InChI=1S/C17H11ClO4/c18-13-7-3-2-6-12(13)17(20)21-10-14(19)16-9-11-5-1-4-8-15(11)22-16/h1-9H,10H2. The molecule has 0 aliphatic heterocycles. The second-order valence-corrected chi connectivity index (χ2v) is 5.03. The first kappa shape index (κ1) is 14.4. The molecule has 0 aliphatic rings. The molecule has 2 aromatic carbocycles. The number of ketones is 1. The minimum Gasteiger partial charge on any atom is -0.454 e. The third-order valence-corrected chi connectivity index (χ3v) is 3.46. The molecular weight excluding hydrogens is 304 g/mol. The zero-order chi connectivity index (χ0) is 15.5. The molecule has 3 rings (SSSR count). The Balaban J connectivity index is 1.69. The number of para-hydroxylation sites is 1. The average molecular weight is 315 g/mol. The lowest BCUT2D eigenvalue weighted by Crippen LogP contribution is -2.14. The monoisotopic (exact) mass is 314 g/mol. The van der Waals surface area contributed by atoms with Crippen molar-refractivity contribution in [1.29, 1.82) is 0 Å². The Morgan fingerprint density at radius 2 is 1.77 bits per heavy atom. The predicted octanol–water partition coefficient (Wildman–Crippen LogP) is 4.13. The van der Waals surface area contributed by atoms with Crippen molar-refractivity contribution in [3.05, 3.63) is 70.9 Å². The van der Waals surface area contributed by atoms with Gasteiger partial charge in [-0.05, 0) is 24.3 Å². The quantitative estimate of drug-likeness (QED) is 0.537. The van der Waals surface area contributed by atoms with Crippen LogP contribution in [0.4, 0.5) is 0 Å². The van der Waals surface area contributed by atoms with Crippen molar-refractivity contribution in [2.45, 2.75) is 0 Å². The smallest absolute Gasteiger partial charge is 0.340 e. The summed E-state index contributed by atoms with van der Waals surface area (Å²) >= 11 is 5.90. The van der Waals surface area contributed by atoms with Crippen LogP contribution in [0.1, 0.15) is 20.9 Å². The van der Waals surface area contributed by atoms with Gasteiger partial charge in [0.05, 0.1) is 10.6 Å². The molecule has 3 aromatic rings. The van der Waals surface area contributed by atoms with Gasteiger partial charge in [-0.1, -0.05) is 41.9 Å². The number of esters is 1. The molecule has 1 aromatic heterocycles. The van der Waals surface area contributed by atoms with Crippen LogP contribution in [-0.4, -0.2) is 18.4 Å². The van der Waals surface area contributed by atoms with E-state index in [0.29, 0.717) is 5.58 Å². The number of carbonyl (C=O) groups is 2. The Kier molecular flexibility index (Phi) is 3.94. The van der Waals surface area contributed by atoms with Gasteiger partial charge in [0.1, 0.15) is 5.58 Å². The van der Waals surface area contributed by atoms with E-state index in [1.165, 1.54) is 6.07 Å². The minimum atomic E-state index is -0.643. The summed E-state index contributed by atoms with van der Waals surface area (Å²) in [7, 11) is 0. The molecule has 0 bridgehead atoms. The summed E-state index contributed by atoms with van der Waals surface area (Å²) in [5.41, 5.74) is 0.838. The molecule has 0 unspecified atom stereocenters. The lowest BCUT2D eigenvalue weighted by atomic mass is 10.2. The summed E-state index contributed by atoms with van der Waals surface area (Å²) in [6.07, 6.45) is 0. The topological polar surface area (TPSA) is 56.5 Å². The zero-order valence-electron chi connectivity index (χ0n) is 11.4. The van der Waals surface area contributed by atoms with Gasteiger partial charge in [-0.15, -0.1) is 0 Å². The summed E-state index contributed by atoms with van der Waals surface area (Å²) in [6.45, 7) is -0.399. The van der Waals surface area contributed by atoms with Crippen LogP contribution in [0.3, 0.4) is 0 Å². The second-order valence-electron chi connectivity index (χ2n) is 4.63. The Bertz CT molecular complexity index is 817. The van der Waals surface area contributed by atoms with E-state index in [1.54, 1.807) is 30.3 Å². The van der Waals surface area contributed by atoms with E-state index in [2.05, 4.69) is 0 Å². The SMILES string of the molecule is O=C(COC(=O)c1ccccc1Cl)c1cc2ccccc2o1. The molecule has 0 fully saturated rings. The highest BCUT2D eigenvalue weighted by Gasteiger charge is 2.16. The fraction of sp³-hybridized carbons (Fsp3) is 0.0588. The predicted molar refractivity (Wildman–Crippen MR) is 82.3 cm³/mol. The van der Waals surface area contributed by atoms with Gasteiger partial charge in [0.15, 0.2) is 12.4 Å². The van der Waals surface area contributed by atoms with Crippen LogP contribution in [0.5, 0.6) is 0 Å². The number of hydrogen-bond acceptors (Lipinski definition) is 4. The molecule has 0 saturated heterocycles. The molecular formula is C17H11ClO4. The molecule has 0 amide bonds. The van der Waals surface area contributed by atoms with Crippen molar-refractivity contribution >= 4 is 34.3 Å². The Morgan fingerprint density at radius 3 is 2.55 bits per heavy atom. The van der Waals surface area contributed by atoms with Crippen LogP contribution in [-0.2, 0) is 4.74 Å². The molecule has 22 heavy (non-hydrogen) atoms. The Labute approximate surface area is 131 Å². The van der Waals surface area contributed by atoms with Gasteiger partial charge >= 0.3 is 5.97 Å². The number of benzene rings is 2. The first-order valence-electron chi connectivity index (χ1n) is 6.58. The highest BCUT2D eigenvalue weighted by molar-refractivity contribution is 6.33.